The van der Waals surface area contributed by atoms with Crippen LogP contribution in [-0.2, 0) is 11.2 Å². The first kappa shape index (κ1) is 21.2. The molecule has 3 rings (SSSR count). The number of aliphatic hydroxyl groups excluding tert-OH is 4. The van der Waals surface area contributed by atoms with Crippen LogP contribution < -0.4 is 4.74 Å². The Labute approximate surface area is 172 Å². The molecule has 1 saturated heterocycles. The molecule has 0 aliphatic carbocycles. The molecular formula is C21H25BrO6. The second kappa shape index (κ2) is 9.35. The lowest BCUT2D eigenvalue weighted by Gasteiger charge is -2.40. The summed E-state index contributed by atoms with van der Waals surface area (Å²) in [6, 6.07) is 13.4. The molecule has 152 valence electrons. The summed E-state index contributed by atoms with van der Waals surface area (Å²) in [6.07, 6.45) is -5.18. The number of benzene rings is 2. The zero-order valence-corrected chi connectivity index (χ0v) is 17.1. The van der Waals surface area contributed by atoms with E-state index in [4.69, 9.17) is 9.47 Å². The molecule has 7 heteroatoms. The van der Waals surface area contributed by atoms with Gasteiger partial charge in [-0.1, -0.05) is 40.2 Å². The molecule has 6 nitrogen and oxygen atoms in total. The van der Waals surface area contributed by atoms with E-state index in [1.54, 1.807) is 6.07 Å². The topological polar surface area (TPSA) is 99.4 Å². The fourth-order valence-electron chi connectivity index (χ4n) is 3.37. The third-order valence-electron chi connectivity index (χ3n) is 4.92. The Morgan fingerprint density at radius 1 is 1.00 bits per heavy atom. The van der Waals surface area contributed by atoms with Crippen molar-refractivity contribution in [3.8, 4) is 5.75 Å². The number of hydrogen-bond donors (Lipinski definition) is 4. The minimum absolute atomic E-state index is 0.447. The van der Waals surface area contributed by atoms with E-state index in [0.717, 1.165) is 21.3 Å². The lowest BCUT2D eigenvalue weighted by Crippen LogP contribution is -2.55. The molecule has 0 saturated carbocycles. The van der Waals surface area contributed by atoms with E-state index in [0.29, 0.717) is 18.6 Å². The van der Waals surface area contributed by atoms with Crippen molar-refractivity contribution in [1.82, 2.24) is 0 Å². The van der Waals surface area contributed by atoms with Crippen LogP contribution in [0, 0.1) is 0 Å². The number of rotatable bonds is 6. The molecule has 5 atom stereocenters. The van der Waals surface area contributed by atoms with Crippen molar-refractivity contribution in [1.29, 1.82) is 0 Å². The minimum Gasteiger partial charge on any atom is -0.494 e. The zero-order valence-electron chi connectivity index (χ0n) is 15.5. The summed E-state index contributed by atoms with van der Waals surface area (Å²) >= 11 is 3.56. The predicted octanol–water partition coefficient (Wildman–Crippen LogP) is 1.95. The first-order valence-electron chi connectivity index (χ1n) is 9.25. The quantitative estimate of drug-likeness (QED) is 0.534. The van der Waals surface area contributed by atoms with Gasteiger partial charge >= 0.3 is 0 Å². The maximum atomic E-state index is 10.4. The van der Waals surface area contributed by atoms with Crippen LogP contribution in [0.2, 0.25) is 0 Å². The molecule has 1 fully saturated rings. The Morgan fingerprint density at radius 3 is 2.36 bits per heavy atom. The molecule has 1 heterocycles. The highest BCUT2D eigenvalue weighted by atomic mass is 79.9. The second-order valence-electron chi connectivity index (χ2n) is 6.85. The number of ether oxygens (including phenoxy) is 2. The van der Waals surface area contributed by atoms with Crippen molar-refractivity contribution >= 4 is 15.9 Å². The maximum Gasteiger partial charge on any atom is 0.119 e. The van der Waals surface area contributed by atoms with Gasteiger partial charge in [-0.05, 0) is 48.2 Å². The van der Waals surface area contributed by atoms with Crippen molar-refractivity contribution in [3.63, 3.8) is 0 Å². The van der Waals surface area contributed by atoms with Gasteiger partial charge in [0.15, 0.2) is 0 Å². The summed E-state index contributed by atoms with van der Waals surface area (Å²) in [7, 11) is 0. The van der Waals surface area contributed by atoms with E-state index in [9.17, 15) is 20.4 Å². The molecule has 0 amide bonds. The van der Waals surface area contributed by atoms with E-state index in [1.807, 2.05) is 43.3 Å². The molecule has 5 unspecified atom stereocenters. The van der Waals surface area contributed by atoms with Crippen molar-refractivity contribution in [3.05, 3.63) is 63.6 Å². The highest BCUT2D eigenvalue weighted by Crippen LogP contribution is 2.34. The minimum atomic E-state index is -1.39. The monoisotopic (exact) mass is 452 g/mol. The Bertz CT molecular complexity index is 779. The van der Waals surface area contributed by atoms with E-state index in [2.05, 4.69) is 15.9 Å². The van der Waals surface area contributed by atoms with Gasteiger partial charge in [-0.2, -0.15) is 0 Å². The van der Waals surface area contributed by atoms with Gasteiger partial charge in [0, 0.05) is 4.47 Å². The maximum absolute atomic E-state index is 10.4. The van der Waals surface area contributed by atoms with Crippen molar-refractivity contribution in [2.75, 3.05) is 13.2 Å². The first-order chi connectivity index (χ1) is 13.4. The van der Waals surface area contributed by atoms with Crippen LogP contribution in [0.1, 0.15) is 29.7 Å². The summed E-state index contributed by atoms with van der Waals surface area (Å²) in [5.41, 5.74) is 2.75. The van der Waals surface area contributed by atoms with Gasteiger partial charge in [0.2, 0.25) is 0 Å². The number of hydrogen-bond acceptors (Lipinski definition) is 6. The van der Waals surface area contributed by atoms with Crippen molar-refractivity contribution < 1.29 is 29.9 Å². The third-order valence-corrected chi connectivity index (χ3v) is 5.69. The molecule has 2 aromatic carbocycles. The van der Waals surface area contributed by atoms with Crippen LogP contribution in [0.3, 0.4) is 0 Å². The van der Waals surface area contributed by atoms with Gasteiger partial charge in [0.05, 0.1) is 13.2 Å². The summed E-state index contributed by atoms with van der Waals surface area (Å²) < 4.78 is 12.0. The standard InChI is InChI=1S/C21H25BrO6/c1-2-27-15-6-3-12(4-7-15)9-14-10-13(5-8-16(14)22)21-20(26)19(25)18(24)17(11-23)28-21/h3-8,10,17-21,23-26H,2,9,11H2,1H3. The molecule has 28 heavy (non-hydrogen) atoms. The smallest absolute Gasteiger partial charge is 0.119 e. The van der Waals surface area contributed by atoms with E-state index in [-0.39, 0.29) is 0 Å². The average Bonchev–Trinajstić information content (AvgIpc) is 2.70. The molecule has 0 aromatic heterocycles. The Morgan fingerprint density at radius 2 is 1.71 bits per heavy atom. The number of aliphatic hydroxyl groups is 4. The molecule has 1 aliphatic rings. The van der Waals surface area contributed by atoms with Gasteiger partial charge in [-0.25, -0.2) is 0 Å². The summed E-state index contributed by atoms with van der Waals surface area (Å²) in [5.74, 6) is 0.820. The van der Waals surface area contributed by atoms with Gasteiger partial charge < -0.3 is 29.9 Å². The Balaban J connectivity index is 1.82. The lowest BCUT2D eigenvalue weighted by molar-refractivity contribution is -0.231. The van der Waals surface area contributed by atoms with Crippen LogP contribution >= 0.6 is 15.9 Å². The van der Waals surface area contributed by atoms with Crippen LogP contribution in [0.15, 0.2) is 46.9 Å². The summed E-state index contributed by atoms with van der Waals surface area (Å²) in [6.45, 7) is 2.11. The molecule has 0 spiro atoms. The molecule has 0 bridgehead atoms. The summed E-state index contributed by atoms with van der Waals surface area (Å²) in [5, 5.41) is 39.8. The Hall–Kier alpha value is -1.48. The van der Waals surface area contributed by atoms with E-state index < -0.39 is 37.1 Å². The van der Waals surface area contributed by atoms with Crippen molar-refractivity contribution in [2.24, 2.45) is 0 Å². The first-order valence-corrected chi connectivity index (χ1v) is 10.0. The van der Waals surface area contributed by atoms with Gasteiger partial charge in [0.25, 0.3) is 0 Å². The van der Waals surface area contributed by atoms with Crippen LogP contribution in [0.4, 0.5) is 0 Å². The normalized spacial score (nSPS) is 27.6. The molecule has 1 aliphatic heterocycles. The van der Waals surface area contributed by atoms with Gasteiger partial charge in [0.1, 0.15) is 36.3 Å². The van der Waals surface area contributed by atoms with Crippen LogP contribution in [-0.4, -0.2) is 58.1 Å². The van der Waals surface area contributed by atoms with Crippen LogP contribution in [0.25, 0.3) is 0 Å². The Kier molecular flexibility index (Phi) is 7.09. The summed E-state index contributed by atoms with van der Waals surface area (Å²) in [4.78, 5) is 0. The third kappa shape index (κ3) is 4.56. The van der Waals surface area contributed by atoms with E-state index in [1.165, 1.54) is 0 Å². The number of halogens is 1. The molecule has 0 radical (unpaired) electrons. The van der Waals surface area contributed by atoms with Crippen molar-refractivity contribution in [2.45, 2.75) is 43.9 Å². The van der Waals surface area contributed by atoms with Gasteiger partial charge in [-0.3, -0.25) is 0 Å². The highest BCUT2D eigenvalue weighted by molar-refractivity contribution is 9.10. The fourth-order valence-corrected chi connectivity index (χ4v) is 3.76. The van der Waals surface area contributed by atoms with Gasteiger partial charge in [-0.15, -0.1) is 0 Å². The fraction of sp³-hybridized carbons (Fsp3) is 0.429. The second-order valence-corrected chi connectivity index (χ2v) is 7.71. The molecule has 4 N–H and O–H groups in total. The molecular weight excluding hydrogens is 428 g/mol. The lowest BCUT2D eigenvalue weighted by atomic mass is 9.90. The van der Waals surface area contributed by atoms with Crippen LogP contribution in [0.5, 0.6) is 5.75 Å². The zero-order chi connectivity index (χ0) is 20.3. The highest BCUT2D eigenvalue weighted by Gasteiger charge is 2.43. The SMILES string of the molecule is CCOc1ccc(Cc2cc(C3OC(CO)C(O)C(O)C3O)ccc2Br)cc1. The predicted molar refractivity (Wildman–Crippen MR) is 107 cm³/mol. The molecule has 2 aromatic rings. The van der Waals surface area contributed by atoms with E-state index >= 15 is 0 Å². The largest absolute Gasteiger partial charge is 0.494 e. The average molecular weight is 453 g/mol.